The van der Waals surface area contributed by atoms with Gasteiger partial charge in [-0.2, -0.15) is 0 Å². The van der Waals surface area contributed by atoms with Gasteiger partial charge in [-0.15, -0.1) is 0 Å². The molecule has 4 aromatic carbocycles. The van der Waals surface area contributed by atoms with Gasteiger partial charge in [0, 0.05) is 19.0 Å². The molecular formula is C37H41N3O5S. The van der Waals surface area contributed by atoms with Gasteiger partial charge in [0.15, 0.2) is 0 Å². The molecule has 46 heavy (non-hydrogen) atoms. The quantitative estimate of drug-likeness (QED) is 0.197. The van der Waals surface area contributed by atoms with Crippen LogP contribution in [0, 0.1) is 6.92 Å². The van der Waals surface area contributed by atoms with Gasteiger partial charge in [-0.1, -0.05) is 91.2 Å². The van der Waals surface area contributed by atoms with Crippen LogP contribution < -0.4 is 14.4 Å². The zero-order valence-electron chi connectivity index (χ0n) is 26.3. The molecule has 8 nitrogen and oxygen atoms in total. The fraction of sp³-hybridized carbons (Fsp3) is 0.297. The lowest BCUT2D eigenvalue weighted by atomic mass is 10.0. The molecule has 0 bridgehead atoms. The summed E-state index contributed by atoms with van der Waals surface area (Å²) >= 11 is 0. The molecule has 0 spiro atoms. The maximum absolute atomic E-state index is 14.6. The van der Waals surface area contributed by atoms with Crippen molar-refractivity contribution in [1.29, 1.82) is 0 Å². The van der Waals surface area contributed by atoms with Crippen LogP contribution >= 0.6 is 0 Å². The van der Waals surface area contributed by atoms with Crippen molar-refractivity contribution in [3.63, 3.8) is 0 Å². The molecule has 0 radical (unpaired) electrons. The lowest BCUT2D eigenvalue weighted by molar-refractivity contribution is -0.140. The molecule has 0 aliphatic heterocycles. The van der Waals surface area contributed by atoms with Crippen molar-refractivity contribution in [2.45, 2.75) is 62.6 Å². The number of carbonyl (C=O) groups is 2. The summed E-state index contributed by atoms with van der Waals surface area (Å²) in [6.45, 7) is 1.61. The monoisotopic (exact) mass is 639 g/mol. The Bertz CT molecular complexity index is 1710. The van der Waals surface area contributed by atoms with Gasteiger partial charge >= 0.3 is 0 Å². The summed E-state index contributed by atoms with van der Waals surface area (Å²) in [5, 5.41) is 3.21. The van der Waals surface area contributed by atoms with Crippen LogP contribution in [-0.4, -0.2) is 50.9 Å². The molecule has 0 saturated heterocycles. The van der Waals surface area contributed by atoms with E-state index >= 15 is 0 Å². The number of benzene rings is 4. The molecule has 0 heterocycles. The zero-order chi connectivity index (χ0) is 32.5. The number of hydrogen-bond donors (Lipinski definition) is 1. The van der Waals surface area contributed by atoms with Crippen LogP contribution in [0.3, 0.4) is 0 Å². The molecule has 4 aromatic rings. The van der Waals surface area contributed by atoms with E-state index in [2.05, 4.69) is 5.32 Å². The van der Waals surface area contributed by atoms with Gasteiger partial charge < -0.3 is 15.0 Å². The number of hydrogen-bond acceptors (Lipinski definition) is 5. The van der Waals surface area contributed by atoms with E-state index in [1.165, 1.54) is 19.2 Å². The molecule has 1 aliphatic carbocycles. The van der Waals surface area contributed by atoms with Crippen LogP contribution in [0.4, 0.5) is 5.69 Å². The first-order valence-electron chi connectivity index (χ1n) is 15.7. The standard InChI is InChI=1S/C37H41N3O5S/c1-28-12-11-15-30(24-28)26-39(35(25-29-13-5-3-6-14-29)37(42)38-31-16-9-10-17-31)36(41)27-40(32-20-22-33(45-2)23-21-32)46(43,44)34-18-7-4-8-19-34/h3-8,11-15,18-24,31,35H,9-10,16-17,25-27H2,1-2H3,(H,38,42)/t35-/m0/s1. The number of anilines is 1. The number of carbonyl (C=O) groups excluding carboxylic acids is 2. The van der Waals surface area contributed by atoms with E-state index in [1.807, 2.05) is 61.5 Å². The van der Waals surface area contributed by atoms with Crippen LogP contribution in [-0.2, 0) is 32.6 Å². The number of ether oxygens (including phenoxy) is 1. The first-order chi connectivity index (χ1) is 22.2. The number of nitrogens with zero attached hydrogens (tertiary/aromatic N) is 2. The van der Waals surface area contributed by atoms with E-state index in [0.29, 0.717) is 11.4 Å². The molecular weight excluding hydrogens is 598 g/mol. The van der Waals surface area contributed by atoms with Crippen molar-refractivity contribution >= 4 is 27.5 Å². The summed E-state index contributed by atoms with van der Waals surface area (Å²) in [5.41, 5.74) is 3.08. The van der Waals surface area contributed by atoms with Gasteiger partial charge in [-0.3, -0.25) is 13.9 Å². The summed E-state index contributed by atoms with van der Waals surface area (Å²) in [7, 11) is -2.63. The van der Waals surface area contributed by atoms with E-state index in [-0.39, 0.29) is 29.8 Å². The van der Waals surface area contributed by atoms with E-state index in [4.69, 9.17) is 4.74 Å². The zero-order valence-corrected chi connectivity index (χ0v) is 27.2. The lowest BCUT2D eigenvalue weighted by Gasteiger charge is -2.34. The first kappa shape index (κ1) is 32.8. The van der Waals surface area contributed by atoms with Crippen LogP contribution in [0.25, 0.3) is 0 Å². The van der Waals surface area contributed by atoms with Crippen LogP contribution in [0.5, 0.6) is 5.75 Å². The number of rotatable bonds is 13. The number of methoxy groups -OCH3 is 1. The van der Waals surface area contributed by atoms with Crippen LogP contribution in [0.1, 0.15) is 42.4 Å². The smallest absolute Gasteiger partial charge is 0.264 e. The largest absolute Gasteiger partial charge is 0.497 e. The number of aryl methyl sites for hydroxylation is 1. The summed E-state index contributed by atoms with van der Waals surface area (Å²) in [5.74, 6) is -0.169. The molecule has 1 saturated carbocycles. The predicted molar refractivity (Wildman–Crippen MR) is 180 cm³/mol. The Morgan fingerprint density at radius 3 is 2.11 bits per heavy atom. The van der Waals surface area contributed by atoms with Gasteiger partial charge in [0.05, 0.1) is 17.7 Å². The Kier molecular flexibility index (Phi) is 10.8. The highest BCUT2D eigenvalue weighted by Gasteiger charge is 2.35. The van der Waals surface area contributed by atoms with Crippen LogP contribution in [0.2, 0.25) is 0 Å². The van der Waals surface area contributed by atoms with Crippen molar-refractivity contribution in [1.82, 2.24) is 10.2 Å². The average molecular weight is 640 g/mol. The van der Waals surface area contributed by atoms with Gasteiger partial charge in [0.25, 0.3) is 10.0 Å². The predicted octanol–water partition coefficient (Wildman–Crippen LogP) is 5.90. The van der Waals surface area contributed by atoms with E-state index < -0.39 is 28.5 Å². The molecule has 0 aromatic heterocycles. The highest BCUT2D eigenvalue weighted by molar-refractivity contribution is 7.92. The van der Waals surface area contributed by atoms with Crippen molar-refractivity contribution in [3.05, 3.63) is 126 Å². The summed E-state index contributed by atoms with van der Waals surface area (Å²) in [6, 6.07) is 31.2. The van der Waals surface area contributed by atoms with Gasteiger partial charge in [-0.25, -0.2) is 8.42 Å². The van der Waals surface area contributed by atoms with Gasteiger partial charge in [0.1, 0.15) is 18.3 Å². The third-order valence-electron chi connectivity index (χ3n) is 8.38. The second-order valence-corrected chi connectivity index (χ2v) is 13.6. The topological polar surface area (TPSA) is 96.0 Å². The lowest BCUT2D eigenvalue weighted by Crippen LogP contribution is -2.54. The summed E-state index contributed by atoms with van der Waals surface area (Å²) in [6.07, 6.45) is 4.18. The Labute approximate surface area is 272 Å². The van der Waals surface area contributed by atoms with Gasteiger partial charge in [0.2, 0.25) is 11.8 Å². The van der Waals surface area contributed by atoms with E-state index in [1.54, 1.807) is 47.4 Å². The molecule has 0 unspecified atom stereocenters. The minimum absolute atomic E-state index is 0.0518. The Morgan fingerprint density at radius 1 is 0.848 bits per heavy atom. The average Bonchev–Trinajstić information content (AvgIpc) is 3.59. The normalized spacial score (nSPS) is 14.0. The highest BCUT2D eigenvalue weighted by Crippen LogP contribution is 2.27. The molecule has 5 rings (SSSR count). The molecule has 2 amide bonds. The molecule has 1 aliphatic rings. The molecule has 1 N–H and O–H groups in total. The summed E-state index contributed by atoms with van der Waals surface area (Å²) in [4.78, 5) is 30.3. The Morgan fingerprint density at radius 2 is 1.48 bits per heavy atom. The fourth-order valence-corrected chi connectivity index (χ4v) is 7.36. The second-order valence-electron chi connectivity index (χ2n) is 11.7. The maximum Gasteiger partial charge on any atom is 0.264 e. The third kappa shape index (κ3) is 8.14. The number of amides is 2. The Balaban J connectivity index is 1.56. The van der Waals surface area contributed by atoms with Crippen LogP contribution in [0.15, 0.2) is 114 Å². The molecule has 240 valence electrons. The van der Waals surface area contributed by atoms with E-state index in [9.17, 15) is 18.0 Å². The molecule has 9 heteroatoms. The number of nitrogens with one attached hydrogen (secondary N) is 1. The highest BCUT2D eigenvalue weighted by atomic mass is 32.2. The Hall–Kier alpha value is -4.63. The van der Waals surface area contributed by atoms with E-state index in [0.717, 1.165) is 46.7 Å². The molecule has 1 fully saturated rings. The van der Waals surface area contributed by atoms with Crippen molar-refractivity contribution in [2.75, 3.05) is 18.0 Å². The van der Waals surface area contributed by atoms with Gasteiger partial charge in [-0.05, 0) is 67.3 Å². The molecule has 1 atom stereocenters. The van der Waals surface area contributed by atoms with Crippen molar-refractivity contribution in [3.8, 4) is 5.75 Å². The second kappa shape index (κ2) is 15.1. The first-order valence-corrected chi connectivity index (χ1v) is 17.1. The fourth-order valence-electron chi connectivity index (χ4n) is 5.93. The minimum atomic E-state index is -4.16. The maximum atomic E-state index is 14.6. The SMILES string of the molecule is COc1ccc(N(CC(=O)N(Cc2cccc(C)c2)[C@@H](Cc2ccccc2)C(=O)NC2CCCC2)S(=O)(=O)c2ccccc2)cc1. The van der Waals surface area contributed by atoms with Crippen molar-refractivity contribution < 1.29 is 22.7 Å². The van der Waals surface area contributed by atoms with Crippen molar-refractivity contribution in [2.24, 2.45) is 0 Å². The number of sulfonamides is 1. The summed E-state index contributed by atoms with van der Waals surface area (Å²) < 4.78 is 34.6. The third-order valence-corrected chi connectivity index (χ3v) is 10.2. The minimum Gasteiger partial charge on any atom is -0.497 e.